The average molecular weight is 415 g/mol. The summed E-state index contributed by atoms with van der Waals surface area (Å²) in [5.74, 6) is 0.560. The number of ether oxygens (including phenoxy) is 1. The van der Waals surface area contributed by atoms with Gasteiger partial charge in [0, 0.05) is 0 Å². The zero-order valence-electron chi connectivity index (χ0n) is 16.5. The van der Waals surface area contributed by atoms with E-state index in [4.69, 9.17) is 4.74 Å². The molecule has 2 aromatic rings. The largest absolute Gasteiger partial charge is 0.492 e. The molecule has 8 heteroatoms. The molecular weight excluding hydrogens is 388 g/mol. The Hall–Kier alpha value is -2.55. The SMILES string of the molecule is CCOc1ccccc1NC(=O)CSC1NNC(Cc2ccc(C)cc2)C(=O)N1. The number of hydrogen-bond acceptors (Lipinski definition) is 6. The van der Waals surface area contributed by atoms with Crippen molar-refractivity contribution >= 4 is 29.3 Å². The summed E-state index contributed by atoms with van der Waals surface area (Å²) < 4.78 is 5.51. The Morgan fingerprint density at radius 1 is 1.14 bits per heavy atom. The first-order valence-electron chi connectivity index (χ1n) is 9.55. The highest BCUT2D eigenvalue weighted by Crippen LogP contribution is 2.24. The summed E-state index contributed by atoms with van der Waals surface area (Å²) in [6.45, 7) is 4.45. The van der Waals surface area contributed by atoms with Crippen LogP contribution in [0, 0.1) is 6.92 Å². The van der Waals surface area contributed by atoms with Gasteiger partial charge in [0.15, 0.2) is 0 Å². The highest BCUT2D eigenvalue weighted by molar-refractivity contribution is 8.00. The van der Waals surface area contributed by atoms with Crippen LogP contribution < -0.4 is 26.2 Å². The molecule has 0 spiro atoms. The molecule has 2 amide bonds. The summed E-state index contributed by atoms with van der Waals surface area (Å²) in [6.07, 6.45) is 0.588. The Labute approximate surface area is 174 Å². The Kier molecular flexibility index (Phi) is 7.51. The van der Waals surface area contributed by atoms with Gasteiger partial charge in [0.2, 0.25) is 11.8 Å². The second-order valence-corrected chi connectivity index (χ2v) is 7.80. The van der Waals surface area contributed by atoms with Crippen LogP contribution in [0.4, 0.5) is 5.69 Å². The van der Waals surface area contributed by atoms with Crippen molar-refractivity contribution in [2.75, 3.05) is 17.7 Å². The maximum Gasteiger partial charge on any atom is 0.240 e. The van der Waals surface area contributed by atoms with E-state index in [2.05, 4.69) is 21.5 Å². The van der Waals surface area contributed by atoms with Gasteiger partial charge in [-0.3, -0.25) is 9.59 Å². The molecule has 0 aromatic heterocycles. The van der Waals surface area contributed by atoms with Crippen LogP contribution in [0.5, 0.6) is 5.75 Å². The number of aryl methyl sites for hydroxylation is 1. The molecule has 0 bridgehead atoms. The second kappa shape index (κ2) is 10.3. The maximum atomic E-state index is 12.4. The molecule has 4 N–H and O–H groups in total. The molecule has 0 aliphatic carbocycles. The number of carbonyl (C=O) groups excluding carboxylic acids is 2. The van der Waals surface area contributed by atoms with E-state index in [0.717, 1.165) is 5.56 Å². The number of nitrogens with one attached hydrogen (secondary N) is 4. The zero-order valence-corrected chi connectivity index (χ0v) is 17.3. The van der Waals surface area contributed by atoms with Gasteiger partial charge in [0.1, 0.15) is 17.3 Å². The summed E-state index contributed by atoms with van der Waals surface area (Å²) in [7, 11) is 0. The van der Waals surface area contributed by atoms with E-state index in [9.17, 15) is 9.59 Å². The Bertz CT molecular complexity index is 844. The van der Waals surface area contributed by atoms with Crippen LogP contribution in [0.2, 0.25) is 0 Å². The molecule has 1 fully saturated rings. The Balaban J connectivity index is 1.45. The Morgan fingerprint density at radius 3 is 2.62 bits per heavy atom. The molecule has 7 nitrogen and oxygen atoms in total. The first-order chi connectivity index (χ1) is 14.0. The van der Waals surface area contributed by atoms with Crippen LogP contribution in [-0.2, 0) is 16.0 Å². The molecule has 2 unspecified atom stereocenters. The number of thioether (sulfide) groups is 1. The van der Waals surface area contributed by atoms with E-state index in [0.29, 0.717) is 24.5 Å². The number of hydrazine groups is 1. The molecule has 1 heterocycles. The fourth-order valence-corrected chi connectivity index (χ4v) is 3.63. The molecule has 1 saturated heterocycles. The van der Waals surface area contributed by atoms with Crippen LogP contribution in [-0.4, -0.2) is 35.7 Å². The van der Waals surface area contributed by atoms with Gasteiger partial charge in [-0.15, -0.1) is 11.8 Å². The van der Waals surface area contributed by atoms with Crippen molar-refractivity contribution in [2.45, 2.75) is 31.8 Å². The average Bonchev–Trinajstić information content (AvgIpc) is 2.71. The summed E-state index contributed by atoms with van der Waals surface area (Å²) in [5.41, 5.74) is 8.63. The molecule has 0 saturated carbocycles. The lowest BCUT2D eigenvalue weighted by molar-refractivity contribution is -0.125. The van der Waals surface area contributed by atoms with E-state index >= 15 is 0 Å². The van der Waals surface area contributed by atoms with Gasteiger partial charge in [-0.1, -0.05) is 42.0 Å². The zero-order chi connectivity index (χ0) is 20.6. The van der Waals surface area contributed by atoms with Crippen LogP contribution >= 0.6 is 11.8 Å². The molecule has 0 radical (unpaired) electrons. The van der Waals surface area contributed by atoms with Gasteiger partial charge in [-0.05, 0) is 38.0 Å². The fourth-order valence-electron chi connectivity index (χ4n) is 2.89. The number of para-hydroxylation sites is 2. The number of anilines is 1. The minimum atomic E-state index is -0.385. The number of amides is 2. The molecule has 2 atom stereocenters. The van der Waals surface area contributed by atoms with Crippen molar-refractivity contribution in [3.05, 3.63) is 59.7 Å². The lowest BCUT2D eigenvalue weighted by atomic mass is 10.0. The third-order valence-electron chi connectivity index (χ3n) is 4.38. The molecule has 2 aromatic carbocycles. The fraction of sp³-hybridized carbons (Fsp3) is 0.333. The minimum absolute atomic E-state index is 0.0936. The van der Waals surface area contributed by atoms with Crippen LogP contribution in [0.3, 0.4) is 0 Å². The van der Waals surface area contributed by atoms with E-state index < -0.39 is 0 Å². The van der Waals surface area contributed by atoms with Gasteiger partial charge >= 0.3 is 0 Å². The lowest BCUT2D eigenvalue weighted by Gasteiger charge is -2.31. The van der Waals surface area contributed by atoms with Gasteiger partial charge in [-0.25, -0.2) is 10.9 Å². The summed E-state index contributed by atoms with van der Waals surface area (Å²) >= 11 is 1.30. The summed E-state index contributed by atoms with van der Waals surface area (Å²) in [4.78, 5) is 24.7. The number of hydrogen-bond donors (Lipinski definition) is 4. The van der Waals surface area contributed by atoms with Gasteiger partial charge in [-0.2, -0.15) is 0 Å². The summed E-state index contributed by atoms with van der Waals surface area (Å²) in [6, 6.07) is 15.1. The van der Waals surface area contributed by atoms with Crippen LogP contribution in [0.1, 0.15) is 18.1 Å². The first-order valence-corrected chi connectivity index (χ1v) is 10.6. The molecule has 154 valence electrons. The van der Waals surface area contributed by atoms with Crippen LogP contribution in [0.15, 0.2) is 48.5 Å². The lowest BCUT2D eigenvalue weighted by Crippen LogP contribution is -2.64. The highest BCUT2D eigenvalue weighted by atomic mass is 32.2. The van der Waals surface area contributed by atoms with E-state index in [-0.39, 0.29) is 29.1 Å². The highest BCUT2D eigenvalue weighted by Gasteiger charge is 2.27. The van der Waals surface area contributed by atoms with Gasteiger partial charge in [0.25, 0.3) is 0 Å². The second-order valence-electron chi connectivity index (χ2n) is 6.71. The Morgan fingerprint density at radius 2 is 1.90 bits per heavy atom. The van der Waals surface area contributed by atoms with Gasteiger partial charge < -0.3 is 15.4 Å². The smallest absolute Gasteiger partial charge is 0.240 e. The standard InChI is InChI=1S/C21H26N4O3S/c1-3-28-18-7-5-4-6-16(18)22-19(26)13-29-21-23-20(27)17(24-25-21)12-15-10-8-14(2)9-11-15/h4-11,17,21,24-25H,3,12-13H2,1-2H3,(H,22,26)(H,23,27). The molecule has 29 heavy (non-hydrogen) atoms. The monoisotopic (exact) mass is 414 g/mol. The molecular formula is C21H26N4O3S. The maximum absolute atomic E-state index is 12.4. The van der Waals surface area contributed by atoms with Crippen molar-refractivity contribution in [1.82, 2.24) is 16.2 Å². The van der Waals surface area contributed by atoms with E-state index in [1.807, 2.05) is 56.3 Å². The minimum Gasteiger partial charge on any atom is -0.492 e. The predicted octanol–water partition coefficient (Wildman–Crippen LogP) is 2.18. The third kappa shape index (κ3) is 6.22. The van der Waals surface area contributed by atoms with Gasteiger partial charge in [0.05, 0.1) is 18.0 Å². The molecule has 3 rings (SSSR count). The predicted molar refractivity (Wildman–Crippen MR) is 116 cm³/mol. The first kappa shape index (κ1) is 21.2. The topological polar surface area (TPSA) is 91.5 Å². The van der Waals surface area contributed by atoms with E-state index in [1.54, 1.807) is 6.07 Å². The third-order valence-corrected chi connectivity index (χ3v) is 5.38. The van der Waals surface area contributed by atoms with Crippen LogP contribution in [0.25, 0.3) is 0 Å². The summed E-state index contributed by atoms with van der Waals surface area (Å²) in [5, 5.41) is 5.74. The normalized spacial score (nSPS) is 18.8. The number of benzene rings is 2. The quantitative estimate of drug-likeness (QED) is 0.529. The number of carbonyl (C=O) groups is 2. The van der Waals surface area contributed by atoms with Crippen molar-refractivity contribution in [3.63, 3.8) is 0 Å². The van der Waals surface area contributed by atoms with E-state index in [1.165, 1.54) is 17.3 Å². The van der Waals surface area contributed by atoms with Crippen molar-refractivity contribution < 1.29 is 14.3 Å². The molecule has 1 aliphatic rings. The van der Waals surface area contributed by atoms with Crippen molar-refractivity contribution in [1.29, 1.82) is 0 Å². The molecule has 1 aliphatic heterocycles. The number of rotatable bonds is 8. The van der Waals surface area contributed by atoms with Crippen molar-refractivity contribution in [3.8, 4) is 5.75 Å². The van der Waals surface area contributed by atoms with Crippen molar-refractivity contribution in [2.24, 2.45) is 0 Å².